The Morgan fingerprint density at radius 2 is 1.89 bits per heavy atom. The molecule has 0 fully saturated rings. The average Bonchev–Trinajstić information content (AvgIpc) is 3.29. The lowest BCUT2D eigenvalue weighted by molar-refractivity contribution is -0.137. The molecule has 186 valence electrons. The van der Waals surface area contributed by atoms with Gasteiger partial charge in [0.05, 0.1) is 17.1 Å². The zero-order chi connectivity index (χ0) is 25.5. The van der Waals surface area contributed by atoms with E-state index in [1.54, 1.807) is 13.0 Å². The van der Waals surface area contributed by atoms with E-state index in [-0.39, 0.29) is 28.9 Å². The van der Waals surface area contributed by atoms with Crippen LogP contribution in [0.2, 0.25) is 0 Å². The van der Waals surface area contributed by atoms with Crippen LogP contribution in [0.1, 0.15) is 34.9 Å². The lowest BCUT2D eigenvalue weighted by atomic mass is 9.83. The van der Waals surface area contributed by atoms with Gasteiger partial charge in [0.25, 0.3) is 10.0 Å². The van der Waals surface area contributed by atoms with Crippen LogP contribution in [0.15, 0.2) is 70.6 Å². The Balaban J connectivity index is 1.55. The number of sulfonamides is 1. The van der Waals surface area contributed by atoms with Crippen LogP contribution in [0.4, 0.5) is 19.0 Å². The van der Waals surface area contributed by atoms with Gasteiger partial charge in [0.1, 0.15) is 29.9 Å². The monoisotopic (exact) mass is 516 g/mol. The summed E-state index contributed by atoms with van der Waals surface area (Å²) >= 11 is 0. The Labute approximate surface area is 204 Å². The number of alkyl halides is 3. The number of nitrogens with zero attached hydrogens (tertiary/aromatic N) is 3. The average molecular weight is 517 g/mol. The number of hydrogen-bond acceptors (Lipinski definition) is 7. The zero-order valence-corrected chi connectivity index (χ0v) is 19.6. The van der Waals surface area contributed by atoms with Gasteiger partial charge in [0, 0.05) is 36.2 Å². The molecule has 1 N–H and O–H groups in total. The lowest BCUT2D eigenvalue weighted by Crippen LogP contribution is -2.18. The van der Waals surface area contributed by atoms with Crippen molar-refractivity contribution < 1.29 is 30.7 Å². The minimum absolute atomic E-state index is 0.0414. The Kier molecular flexibility index (Phi) is 5.91. The first-order valence-electron chi connectivity index (χ1n) is 10.8. The molecular weight excluding hydrogens is 497 g/mol. The van der Waals surface area contributed by atoms with E-state index in [9.17, 15) is 21.6 Å². The normalized spacial score (nSPS) is 15.7. The summed E-state index contributed by atoms with van der Waals surface area (Å²) in [6.07, 6.45) is -0.101. The fraction of sp³-hybridized carbons (Fsp3) is 0.208. The maximum absolute atomic E-state index is 13.5. The van der Waals surface area contributed by atoms with Crippen molar-refractivity contribution in [3.63, 3.8) is 0 Å². The number of aromatic nitrogens is 3. The summed E-state index contributed by atoms with van der Waals surface area (Å²) in [5, 5.41) is 0. The third-order valence-electron chi connectivity index (χ3n) is 5.81. The third kappa shape index (κ3) is 4.63. The SMILES string of the molecule is Cc1nc(-c2cc(C(F)(F)F)ccc2[C@@H]2CCOc3cc(S(=O)(=O)Nc4ccncn4)ccc32)co1. The number of aryl methyl sites for hydroxylation is 1. The number of benzene rings is 2. The molecular formula is C24H19F3N4O4S. The number of nitrogens with one attached hydrogen (secondary N) is 1. The zero-order valence-electron chi connectivity index (χ0n) is 18.8. The van der Waals surface area contributed by atoms with Crippen LogP contribution >= 0.6 is 0 Å². The number of fused-ring (bicyclic) bond motifs is 1. The fourth-order valence-electron chi connectivity index (χ4n) is 4.15. The summed E-state index contributed by atoms with van der Waals surface area (Å²) in [4.78, 5) is 11.8. The highest BCUT2D eigenvalue weighted by molar-refractivity contribution is 7.92. The molecule has 0 saturated carbocycles. The highest BCUT2D eigenvalue weighted by Gasteiger charge is 2.34. The molecule has 0 radical (unpaired) electrons. The molecule has 12 heteroatoms. The molecule has 0 bridgehead atoms. The topological polar surface area (TPSA) is 107 Å². The number of rotatable bonds is 5. The summed E-state index contributed by atoms with van der Waals surface area (Å²) < 4.78 is 79.6. The van der Waals surface area contributed by atoms with E-state index in [1.807, 2.05) is 0 Å². The Morgan fingerprint density at radius 1 is 1.08 bits per heavy atom. The van der Waals surface area contributed by atoms with Gasteiger partial charge in [0.2, 0.25) is 0 Å². The first-order chi connectivity index (χ1) is 17.1. The predicted molar refractivity (Wildman–Crippen MR) is 123 cm³/mol. The molecule has 0 amide bonds. The van der Waals surface area contributed by atoms with Crippen LogP contribution in [-0.2, 0) is 16.2 Å². The van der Waals surface area contributed by atoms with Crippen molar-refractivity contribution in [1.29, 1.82) is 0 Å². The van der Waals surface area contributed by atoms with Gasteiger partial charge < -0.3 is 9.15 Å². The van der Waals surface area contributed by atoms with Crippen molar-refractivity contribution >= 4 is 15.8 Å². The van der Waals surface area contributed by atoms with Gasteiger partial charge >= 0.3 is 6.18 Å². The molecule has 0 aliphatic carbocycles. The molecule has 3 heterocycles. The van der Waals surface area contributed by atoms with Crippen LogP contribution in [0, 0.1) is 6.92 Å². The van der Waals surface area contributed by atoms with Gasteiger partial charge in [-0.15, -0.1) is 0 Å². The van der Waals surface area contributed by atoms with Gasteiger partial charge in [-0.2, -0.15) is 13.2 Å². The highest BCUT2D eigenvalue weighted by atomic mass is 32.2. The van der Waals surface area contributed by atoms with E-state index >= 15 is 0 Å². The van der Waals surface area contributed by atoms with E-state index in [0.29, 0.717) is 34.8 Å². The van der Waals surface area contributed by atoms with Crippen LogP contribution < -0.4 is 9.46 Å². The van der Waals surface area contributed by atoms with Crippen LogP contribution in [-0.4, -0.2) is 30.0 Å². The van der Waals surface area contributed by atoms with Gasteiger partial charge in [0.15, 0.2) is 5.89 Å². The van der Waals surface area contributed by atoms with Gasteiger partial charge in [-0.1, -0.05) is 12.1 Å². The maximum atomic E-state index is 13.5. The fourth-order valence-corrected chi connectivity index (χ4v) is 5.18. The maximum Gasteiger partial charge on any atom is 0.416 e. The smallest absolute Gasteiger partial charge is 0.416 e. The minimum atomic E-state index is -4.53. The quantitative estimate of drug-likeness (QED) is 0.390. The standard InChI is InChI=1S/C24H19F3N4O4S/c1-14-30-21(12-35-14)20-10-15(24(25,26)27)2-4-17(20)18-7-9-34-22-11-16(3-5-19(18)22)36(32,33)31-23-6-8-28-13-29-23/h2-6,8,10-13,18H,7,9H2,1H3,(H,28,29,31)/t18-/m0/s1. The second-order valence-corrected chi connectivity index (χ2v) is 9.82. The highest BCUT2D eigenvalue weighted by Crippen LogP contribution is 2.44. The molecule has 0 unspecified atom stereocenters. The van der Waals surface area contributed by atoms with E-state index < -0.39 is 21.8 Å². The van der Waals surface area contributed by atoms with E-state index in [1.165, 1.54) is 43.1 Å². The first kappa shape index (κ1) is 23.8. The molecule has 0 spiro atoms. The van der Waals surface area contributed by atoms with Crippen molar-refractivity contribution in [1.82, 2.24) is 15.0 Å². The lowest BCUT2D eigenvalue weighted by Gasteiger charge is -2.28. The molecule has 1 aliphatic rings. The molecule has 1 aliphatic heterocycles. The molecule has 0 saturated heterocycles. The number of halogens is 3. The molecule has 1 atom stereocenters. The van der Waals surface area contributed by atoms with Crippen molar-refractivity contribution in [2.45, 2.75) is 30.3 Å². The number of hydrogen-bond donors (Lipinski definition) is 1. The summed E-state index contributed by atoms with van der Waals surface area (Å²) in [5.41, 5.74) is 1.04. The van der Waals surface area contributed by atoms with Gasteiger partial charge in [-0.3, -0.25) is 4.72 Å². The molecule has 8 nitrogen and oxygen atoms in total. The van der Waals surface area contributed by atoms with Crippen LogP contribution in [0.3, 0.4) is 0 Å². The Bertz CT molecular complexity index is 1520. The van der Waals surface area contributed by atoms with Crippen molar-refractivity contribution in [2.75, 3.05) is 11.3 Å². The second-order valence-electron chi connectivity index (χ2n) is 8.14. The first-order valence-corrected chi connectivity index (χ1v) is 12.3. The Morgan fingerprint density at radius 3 is 2.58 bits per heavy atom. The number of ether oxygens (including phenoxy) is 1. The molecule has 5 rings (SSSR count). The van der Waals surface area contributed by atoms with Crippen molar-refractivity contribution in [3.8, 4) is 17.0 Å². The third-order valence-corrected chi connectivity index (χ3v) is 7.16. The summed E-state index contributed by atoms with van der Waals surface area (Å²) in [6, 6.07) is 9.38. The summed E-state index contributed by atoms with van der Waals surface area (Å²) in [7, 11) is -3.97. The number of oxazole rings is 1. The minimum Gasteiger partial charge on any atom is -0.493 e. The Hall–Kier alpha value is -3.93. The van der Waals surface area contributed by atoms with Crippen molar-refractivity contribution in [2.24, 2.45) is 0 Å². The van der Waals surface area contributed by atoms with E-state index in [0.717, 1.165) is 12.1 Å². The largest absolute Gasteiger partial charge is 0.493 e. The van der Waals surface area contributed by atoms with E-state index in [4.69, 9.17) is 9.15 Å². The molecule has 36 heavy (non-hydrogen) atoms. The summed E-state index contributed by atoms with van der Waals surface area (Å²) in [6.45, 7) is 1.86. The molecule has 2 aromatic carbocycles. The van der Waals surface area contributed by atoms with E-state index in [2.05, 4.69) is 19.7 Å². The molecule has 2 aromatic heterocycles. The second kappa shape index (κ2) is 8.94. The van der Waals surface area contributed by atoms with Crippen LogP contribution in [0.25, 0.3) is 11.3 Å². The van der Waals surface area contributed by atoms with Crippen LogP contribution in [0.5, 0.6) is 5.75 Å². The summed E-state index contributed by atoms with van der Waals surface area (Å²) in [5.74, 6) is 0.416. The van der Waals surface area contributed by atoms with Crippen molar-refractivity contribution in [3.05, 3.63) is 83.8 Å². The predicted octanol–water partition coefficient (Wildman–Crippen LogP) is 5.17. The molecule has 4 aromatic rings. The number of anilines is 1. The van der Waals surface area contributed by atoms with Gasteiger partial charge in [-0.05, 0) is 36.2 Å². The van der Waals surface area contributed by atoms with Gasteiger partial charge in [-0.25, -0.2) is 23.4 Å².